The van der Waals surface area contributed by atoms with E-state index >= 15 is 0 Å². The molecule has 0 aliphatic carbocycles. The van der Waals surface area contributed by atoms with E-state index in [1.165, 1.54) is 5.56 Å². The summed E-state index contributed by atoms with van der Waals surface area (Å²) in [5.74, 6) is 3.24. The maximum Gasteiger partial charge on any atom is 0.203 e. The summed E-state index contributed by atoms with van der Waals surface area (Å²) in [6.07, 6.45) is 0.842. The van der Waals surface area contributed by atoms with Gasteiger partial charge in [-0.05, 0) is 47.4 Å². The highest BCUT2D eigenvalue weighted by molar-refractivity contribution is 5.58. The van der Waals surface area contributed by atoms with Crippen LogP contribution in [-0.4, -0.2) is 52.5 Å². The van der Waals surface area contributed by atoms with E-state index in [4.69, 9.17) is 23.7 Å². The van der Waals surface area contributed by atoms with Gasteiger partial charge in [-0.2, -0.15) is 5.26 Å². The first kappa shape index (κ1) is 19.2. The minimum Gasteiger partial charge on any atom is -0.493 e. The molecule has 0 saturated heterocycles. The molecular formula is C22H24N2O5. The van der Waals surface area contributed by atoms with Crippen molar-refractivity contribution in [2.45, 2.75) is 12.5 Å². The zero-order valence-corrected chi connectivity index (χ0v) is 16.9. The van der Waals surface area contributed by atoms with Crippen LogP contribution in [0.15, 0.2) is 24.3 Å². The summed E-state index contributed by atoms with van der Waals surface area (Å²) in [5, 5.41) is 9.40. The normalized spacial score (nSPS) is 17.8. The van der Waals surface area contributed by atoms with Crippen molar-refractivity contribution in [3.8, 4) is 34.8 Å². The Kier molecular flexibility index (Phi) is 5.36. The Morgan fingerprint density at radius 3 is 2.24 bits per heavy atom. The van der Waals surface area contributed by atoms with E-state index in [0.717, 1.165) is 35.6 Å². The first-order valence-electron chi connectivity index (χ1n) is 9.53. The van der Waals surface area contributed by atoms with Gasteiger partial charge in [0.1, 0.15) is 13.2 Å². The number of methoxy groups -OCH3 is 3. The largest absolute Gasteiger partial charge is 0.493 e. The average molecular weight is 396 g/mol. The van der Waals surface area contributed by atoms with Crippen molar-refractivity contribution in [2.24, 2.45) is 0 Å². The Morgan fingerprint density at radius 1 is 1.00 bits per heavy atom. The molecule has 2 heterocycles. The molecule has 2 aromatic carbocycles. The smallest absolute Gasteiger partial charge is 0.203 e. The minimum atomic E-state index is -0.136. The van der Waals surface area contributed by atoms with Crippen LogP contribution in [0.1, 0.15) is 22.7 Å². The zero-order chi connectivity index (χ0) is 20.4. The lowest BCUT2D eigenvalue weighted by atomic mass is 9.87. The standard InChI is InChI=1S/C22H24N2O5/c1-25-19-11-15(12-20(26-2)22(19)27-3)21-16-13-18-17(28-8-9-29-18)10-14(16)4-6-24(21)7-5-23/h10-13,21H,4,6-9H2,1-3H3. The molecule has 0 fully saturated rings. The molecule has 0 saturated carbocycles. The summed E-state index contributed by atoms with van der Waals surface area (Å²) in [4.78, 5) is 2.15. The Balaban J connectivity index is 1.88. The maximum atomic E-state index is 9.40. The molecule has 29 heavy (non-hydrogen) atoms. The highest BCUT2D eigenvalue weighted by Crippen LogP contribution is 2.46. The lowest BCUT2D eigenvalue weighted by Crippen LogP contribution is -2.36. The van der Waals surface area contributed by atoms with Crippen LogP contribution in [0.2, 0.25) is 0 Å². The molecule has 2 aliphatic heterocycles. The van der Waals surface area contributed by atoms with E-state index in [0.29, 0.717) is 37.0 Å². The van der Waals surface area contributed by atoms with Crippen molar-refractivity contribution in [2.75, 3.05) is 47.6 Å². The molecule has 0 aromatic heterocycles. The van der Waals surface area contributed by atoms with E-state index in [9.17, 15) is 5.26 Å². The number of rotatable bonds is 5. The van der Waals surface area contributed by atoms with Gasteiger partial charge in [0.2, 0.25) is 5.75 Å². The number of hydrogen-bond acceptors (Lipinski definition) is 7. The number of hydrogen-bond donors (Lipinski definition) is 0. The second kappa shape index (κ2) is 8.10. The molecule has 0 N–H and O–H groups in total. The Labute approximate surface area is 170 Å². The van der Waals surface area contributed by atoms with Gasteiger partial charge in [0, 0.05) is 6.54 Å². The van der Waals surface area contributed by atoms with Gasteiger partial charge >= 0.3 is 0 Å². The van der Waals surface area contributed by atoms with Crippen LogP contribution < -0.4 is 23.7 Å². The number of ether oxygens (including phenoxy) is 5. The second-order valence-corrected chi connectivity index (χ2v) is 6.93. The molecule has 7 heteroatoms. The first-order valence-corrected chi connectivity index (χ1v) is 9.53. The van der Waals surface area contributed by atoms with E-state index in [1.807, 2.05) is 18.2 Å². The zero-order valence-electron chi connectivity index (χ0n) is 16.9. The summed E-state index contributed by atoms with van der Waals surface area (Å²) in [5.41, 5.74) is 3.26. The monoisotopic (exact) mass is 396 g/mol. The van der Waals surface area contributed by atoms with Gasteiger partial charge in [0.15, 0.2) is 23.0 Å². The average Bonchev–Trinajstić information content (AvgIpc) is 2.76. The third kappa shape index (κ3) is 3.40. The summed E-state index contributed by atoms with van der Waals surface area (Å²) in [6.45, 7) is 2.17. The molecule has 152 valence electrons. The van der Waals surface area contributed by atoms with Crippen molar-refractivity contribution < 1.29 is 23.7 Å². The van der Waals surface area contributed by atoms with Crippen LogP contribution in [0.4, 0.5) is 0 Å². The summed E-state index contributed by atoms with van der Waals surface area (Å²) in [6, 6.07) is 10.2. The van der Waals surface area contributed by atoms with Crippen molar-refractivity contribution in [1.29, 1.82) is 5.26 Å². The predicted molar refractivity (Wildman–Crippen MR) is 106 cm³/mol. The quantitative estimate of drug-likeness (QED) is 0.720. The third-order valence-corrected chi connectivity index (χ3v) is 5.41. The SMILES string of the molecule is COc1cc(C2c3cc4c(cc3CCN2CC#N)OCCO4)cc(OC)c1OC. The summed E-state index contributed by atoms with van der Waals surface area (Å²) < 4.78 is 28.1. The topological polar surface area (TPSA) is 73.2 Å². The number of fused-ring (bicyclic) bond motifs is 2. The molecule has 0 spiro atoms. The highest BCUT2D eigenvalue weighted by atomic mass is 16.6. The first-order chi connectivity index (χ1) is 14.2. The van der Waals surface area contributed by atoms with Gasteiger partial charge in [-0.3, -0.25) is 4.90 Å². The lowest BCUT2D eigenvalue weighted by molar-refractivity contribution is 0.169. The van der Waals surface area contributed by atoms with Crippen LogP contribution >= 0.6 is 0 Å². The molecule has 2 aliphatic rings. The minimum absolute atomic E-state index is 0.136. The predicted octanol–water partition coefficient (Wildman–Crippen LogP) is 2.95. The Hall–Kier alpha value is -3.11. The van der Waals surface area contributed by atoms with Crippen molar-refractivity contribution in [3.63, 3.8) is 0 Å². The van der Waals surface area contributed by atoms with Crippen LogP contribution in [-0.2, 0) is 6.42 Å². The lowest BCUT2D eigenvalue weighted by Gasteiger charge is -2.37. The molecule has 1 atom stereocenters. The fourth-order valence-electron chi connectivity index (χ4n) is 4.12. The van der Waals surface area contributed by atoms with Gasteiger partial charge in [-0.25, -0.2) is 0 Å². The van der Waals surface area contributed by atoms with Crippen LogP contribution in [0.25, 0.3) is 0 Å². The van der Waals surface area contributed by atoms with Gasteiger partial charge in [0.25, 0.3) is 0 Å². The summed E-state index contributed by atoms with van der Waals surface area (Å²) >= 11 is 0. The van der Waals surface area contributed by atoms with E-state index in [2.05, 4.69) is 17.0 Å². The van der Waals surface area contributed by atoms with E-state index in [-0.39, 0.29) is 6.04 Å². The van der Waals surface area contributed by atoms with Crippen LogP contribution in [0.5, 0.6) is 28.7 Å². The fourth-order valence-corrected chi connectivity index (χ4v) is 4.12. The summed E-state index contributed by atoms with van der Waals surface area (Å²) in [7, 11) is 4.79. The van der Waals surface area contributed by atoms with Crippen molar-refractivity contribution in [3.05, 3.63) is 41.0 Å². The number of nitrogens with zero attached hydrogens (tertiary/aromatic N) is 2. The molecule has 0 amide bonds. The van der Waals surface area contributed by atoms with Gasteiger partial charge in [-0.1, -0.05) is 0 Å². The van der Waals surface area contributed by atoms with Gasteiger partial charge in [0.05, 0.1) is 40.0 Å². The third-order valence-electron chi connectivity index (χ3n) is 5.41. The van der Waals surface area contributed by atoms with Crippen molar-refractivity contribution >= 4 is 0 Å². The van der Waals surface area contributed by atoms with E-state index in [1.54, 1.807) is 21.3 Å². The van der Waals surface area contributed by atoms with Crippen LogP contribution in [0.3, 0.4) is 0 Å². The maximum absolute atomic E-state index is 9.40. The molecule has 7 nitrogen and oxygen atoms in total. The van der Waals surface area contributed by atoms with Gasteiger partial charge < -0.3 is 23.7 Å². The van der Waals surface area contributed by atoms with E-state index < -0.39 is 0 Å². The molecule has 0 bridgehead atoms. The molecule has 0 radical (unpaired) electrons. The highest BCUT2D eigenvalue weighted by Gasteiger charge is 2.32. The number of benzene rings is 2. The second-order valence-electron chi connectivity index (χ2n) is 6.93. The number of nitriles is 1. The molecule has 2 aromatic rings. The fraction of sp³-hybridized carbons (Fsp3) is 0.409. The van der Waals surface area contributed by atoms with Gasteiger partial charge in [-0.15, -0.1) is 0 Å². The Bertz CT molecular complexity index is 928. The van der Waals surface area contributed by atoms with Crippen LogP contribution in [0, 0.1) is 11.3 Å². The van der Waals surface area contributed by atoms with Crippen molar-refractivity contribution in [1.82, 2.24) is 4.90 Å². The Morgan fingerprint density at radius 2 is 1.66 bits per heavy atom. The molecule has 1 unspecified atom stereocenters. The molecule has 4 rings (SSSR count). The molecular weight excluding hydrogens is 372 g/mol.